The smallest absolute Gasteiger partial charge is 0.310 e. The predicted octanol–water partition coefficient (Wildman–Crippen LogP) is 1.34. The summed E-state index contributed by atoms with van der Waals surface area (Å²) in [5.41, 5.74) is 1.52. The number of rotatable bonds is 7. The fourth-order valence-corrected chi connectivity index (χ4v) is 1.60. The predicted molar refractivity (Wildman–Crippen MR) is 74.0 cm³/mol. The maximum Gasteiger partial charge on any atom is 0.310 e. The van der Waals surface area contributed by atoms with Crippen LogP contribution in [0.15, 0.2) is 24.3 Å². The van der Waals surface area contributed by atoms with E-state index in [1.54, 1.807) is 26.1 Å². The average Bonchev–Trinajstić information content (AvgIpc) is 2.37. The van der Waals surface area contributed by atoms with Gasteiger partial charge in [0.2, 0.25) is 5.91 Å². The van der Waals surface area contributed by atoms with Crippen LogP contribution >= 0.6 is 0 Å². The molecular weight excluding hydrogens is 244 g/mol. The van der Waals surface area contributed by atoms with Gasteiger partial charge in [0, 0.05) is 18.7 Å². The van der Waals surface area contributed by atoms with Gasteiger partial charge in [0.05, 0.1) is 13.0 Å². The molecule has 104 valence electrons. The van der Waals surface area contributed by atoms with Gasteiger partial charge < -0.3 is 15.4 Å². The molecule has 0 spiro atoms. The number of benzene rings is 1. The Hall–Kier alpha value is -1.88. The molecule has 0 atom stereocenters. The van der Waals surface area contributed by atoms with Gasteiger partial charge in [0.15, 0.2) is 0 Å². The van der Waals surface area contributed by atoms with Crippen molar-refractivity contribution >= 4 is 17.6 Å². The SMILES string of the molecule is CCOC(=O)Cc1cccc(NC(=O)CCNC)c1. The molecule has 0 aliphatic rings. The van der Waals surface area contributed by atoms with Gasteiger partial charge >= 0.3 is 5.97 Å². The van der Waals surface area contributed by atoms with Crippen LogP contribution in [0.2, 0.25) is 0 Å². The van der Waals surface area contributed by atoms with Gasteiger partial charge in [-0.15, -0.1) is 0 Å². The maximum absolute atomic E-state index is 11.6. The quantitative estimate of drug-likeness (QED) is 0.729. The van der Waals surface area contributed by atoms with Crippen LogP contribution in [0.4, 0.5) is 5.69 Å². The summed E-state index contributed by atoms with van der Waals surface area (Å²) in [6.45, 7) is 2.78. The highest BCUT2D eigenvalue weighted by molar-refractivity contribution is 5.91. The minimum Gasteiger partial charge on any atom is -0.466 e. The van der Waals surface area contributed by atoms with Gasteiger partial charge in [-0.1, -0.05) is 12.1 Å². The highest BCUT2D eigenvalue weighted by Crippen LogP contribution is 2.12. The number of hydrogen-bond donors (Lipinski definition) is 2. The van der Waals surface area contributed by atoms with Crippen molar-refractivity contribution in [2.24, 2.45) is 0 Å². The van der Waals surface area contributed by atoms with E-state index >= 15 is 0 Å². The van der Waals surface area contributed by atoms with E-state index in [0.29, 0.717) is 25.3 Å². The molecule has 0 radical (unpaired) electrons. The normalized spacial score (nSPS) is 10.0. The van der Waals surface area contributed by atoms with Crippen molar-refractivity contribution in [3.05, 3.63) is 29.8 Å². The van der Waals surface area contributed by atoms with Crippen molar-refractivity contribution in [3.63, 3.8) is 0 Å². The van der Waals surface area contributed by atoms with E-state index in [1.807, 2.05) is 12.1 Å². The first kappa shape index (κ1) is 15.2. The molecule has 0 saturated carbocycles. The summed E-state index contributed by atoms with van der Waals surface area (Å²) < 4.78 is 4.89. The van der Waals surface area contributed by atoms with E-state index in [9.17, 15) is 9.59 Å². The monoisotopic (exact) mass is 264 g/mol. The van der Waals surface area contributed by atoms with Crippen LogP contribution < -0.4 is 10.6 Å². The number of hydrogen-bond acceptors (Lipinski definition) is 4. The second-order valence-electron chi connectivity index (χ2n) is 4.08. The highest BCUT2D eigenvalue weighted by Gasteiger charge is 2.06. The van der Waals surface area contributed by atoms with Gasteiger partial charge in [-0.3, -0.25) is 9.59 Å². The first-order chi connectivity index (χ1) is 9.15. The Morgan fingerprint density at radius 1 is 1.32 bits per heavy atom. The molecule has 0 aromatic heterocycles. The first-order valence-corrected chi connectivity index (χ1v) is 6.34. The van der Waals surface area contributed by atoms with Crippen LogP contribution in [0, 0.1) is 0 Å². The topological polar surface area (TPSA) is 67.4 Å². The van der Waals surface area contributed by atoms with Crippen LogP contribution in [0.3, 0.4) is 0 Å². The maximum atomic E-state index is 11.6. The lowest BCUT2D eigenvalue weighted by Crippen LogP contribution is -2.18. The van der Waals surface area contributed by atoms with Gasteiger partial charge in [-0.25, -0.2) is 0 Å². The summed E-state index contributed by atoms with van der Waals surface area (Å²) in [5.74, 6) is -0.316. The average molecular weight is 264 g/mol. The third-order valence-corrected chi connectivity index (χ3v) is 2.47. The first-order valence-electron chi connectivity index (χ1n) is 6.34. The van der Waals surface area contributed by atoms with E-state index in [1.165, 1.54) is 0 Å². The van der Waals surface area contributed by atoms with Crippen LogP contribution in [-0.2, 0) is 20.7 Å². The standard InChI is InChI=1S/C14H20N2O3/c1-3-19-14(18)10-11-5-4-6-12(9-11)16-13(17)7-8-15-2/h4-6,9,15H,3,7-8,10H2,1-2H3,(H,16,17). The minimum absolute atomic E-state index is 0.0531. The van der Waals surface area contributed by atoms with Crippen molar-refractivity contribution in [3.8, 4) is 0 Å². The number of ether oxygens (including phenoxy) is 1. The van der Waals surface area contributed by atoms with Gasteiger partial charge in [-0.2, -0.15) is 0 Å². The lowest BCUT2D eigenvalue weighted by Gasteiger charge is -2.07. The number of amides is 1. The fourth-order valence-electron chi connectivity index (χ4n) is 1.60. The van der Waals surface area contributed by atoms with Crippen molar-refractivity contribution in [2.75, 3.05) is 25.5 Å². The number of anilines is 1. The van der Waals surface area contributed by atoms with E-state index in [2.05, 4.69) is 10.6 Å². The van der Waals surface area contributed by atoms with E-state index in [0.717, 1.165) is 5.56 Å². The fraction of sp³-hybridized carbons (Fsp3) is 0.429. The summed E-state index contributed by atoms with van der Waals surface area (Å²) in [6, 6.07) is 7.22. The Morgan fingerprint density at radius 3 is 2.79 bits per heavy atom. The molecule has 0 heterocycles. The largest absolute Gasteiger partial charge is 0.466 e. The van der Waals surface area contributed by atoms with Gasteiger partial charge in [0.25, 0.3) is 0 Å². The van der Waals surface area contributed by atoms with Crippen molar-refractivity contribution in [1.29, 1.82) is 0 Å². The van der Waals surface area contributed by atoms with Crippen LogP contribution in [0.25, 0.3) is 0 Å². The summed E-state index contributed by atoms with van der Waals surface area (Å²) in [4.78, 5) is 22.9. The highest BCUT2D eigenvalue weighted by atomic mass is 16.5. The number of nitrogens with one attached hydrogen (secondary N) is 2. The summed E-state index contributed by atoms with van der Waals surface area (Å²) in [6.07, 6.45) is 0.632. The Kier molecular flexibility index (Phi) is 6.60. The summed E-state index contributed by atoms with van der Waals surface area (Å²) in [7, 11) is 1.80. The number of carbonyl (C=O) groups is 2. The zero-order valence-corrected chi connectivity index (χ0v) is 11.4. The number of carbonyl (C=O) groups excluding carboxylic acids is 2. The summed E-state index contributed by atoms with van der Waals surface area (Å²) in [5, 5.41) is 5.71. The van der Waals surface area contributed by atoms with E-state index in [4.69, 9.17) is 4.74 Å². The number of esters is 1. The van der Waals surface area contributed by atoms with Crippen LogP contribution in [0.1, 0.15) is 18.9 Å². The minimum atomic E-state index is -0.263. The molecule has 5 nitrogen and oxygen atoms in total. The van der Waals surface area contributed by atoms with Crippen molar-refractivity contribution < 1.29 is 14.3 Å². The summed E-state index contributed by atoms with van der Waals surface area (Å²) >= 11 is 0. The van der Waals surface area contributed by atoms with Crippen LogP contribution in [-0.4, -0.2) is 32.1 Å². The zero-order valence-electron chi connectivity index (χ0n) is 11.4. The molecule has 0 bridgehead atoms. The molecule has 19 heavy (non-hydrogen) atoms. The molecule has 5 heteroatoms. The molecule has 0 saturated heterocycles. The molecule has 0 unspecified atom stereocenters. The Bertz CT molecular complexity index is 432. The Morgan fingerprint density at radius 2 is 2.11 bits per heavy atom. The second kappa shape index (κ2) is 8.26. The second-order valence-corrected chi connectivity index (χ2v) is 4.08. The lowest BCUT2D eigenvalue weighted by molar-refractivity contribution is -0.142. The molecule has 1 amide bonds. The van der Waals surface area contributed by atoms with Gasteiger partial charge in [0.1, 0.15) is 0 Å². The molecule has 0 fully saturated rings. The molecule has 1 aromatic rings. The molecule has 0 aliphatic carbocycles. The molecule has 1 aromatic carbocycles. The van der Waals surface area contributed by atoms with E-state index in [-0.39, 0.29) is 18.3 Å². The van der Waals surface area contributed by atoms with Crippen LogP contribution in [0.5, 0.6) is 0 Å². The third-order valence-electron chi connectivity index (χ3n) is 2.47. The Labute approximate surface area is 113 Å². The third kappa shape index (κ3) is 6.01. The molecule has 0 aliphatic heterocycles. The van der Waals surface area contributed by atoms with Gasteiger partial charge in [-0.05, 0) is 31.7 Å². The van der Waals surface area contributed by atoms with Crippen molar-refractivity contribution in [2.45, 2.75) is 19.8 Å². The van der Waals surface area contributed by atoms with E-state index < -0.39 is 0 Å². The van der Waals surface area contributed by atoms with Crippen molar-refractivity contribution in [1.82, 2.24) is 5.32 Å². The lowest BCUT2D eigenvalue weighted by atomic mass is 10.1. The molecular formula is C14H20N2O3. The molecule has 1 rings (SSSR count). The Balaban J connectivity index is 2.56. The zero-order chi connectivity index (χ0) is 14.1. The molecule has 2 N–H and O–H groups in total.